The molecule has 2 aliphatic rings. The van der Waals surface area contributed by atoms with Crippen LogP contribution in [0.1, 0.15) is 25.7 Å². The molecule has 0 spiro atoms. The molecule has 2 amide bonds. The predicted molar refractivity (Wildman–Crippen MR) is 77.4 cm³/mol. The average molecular weight is 282 g/mol. The largest absolute Gasteiger partial charge is 0.355 e. The van der Waals surface area contributed by atoms with Crippen LogP contribution in [0.4, 0.5) is 0 Å². The van der Waals surface area contributed by atoms with E-state index in [1.165, 1.54) is 0 Å². The molecule has 0 bridgehead atoms. The third kappa shape index (κ3) is 5.09. The minimum atomic E-state index is 0.0542. The molecular formula is C14H26N4O2. The molecule has 2 fully saturated rings. The molecule has 0 aromatic carbocycles. The van der Waals surface area contributed by atoms with Crippen molar-refractivity contribution in [2.24, 2.45) is 0 Å². The molecule has 0 saturated carbocycles. The van der Waals surface area contributed by atoms with E-state index in [0.29, 0.717) is 25.9 Å². The summed E-state index contributed by atoms with van der Waals surface area (Å²) >= 11 is 0. The van der Waals surface area contributed by atoms with E-state index >= 15 is 0 Å². The van der Waals surface area contributed by atoms with Crippen molar-refractivity contribution in [3.63, 3.8) is 0 Å². The zero-order valence-corrected chi connectivity index (χ0v) is 12.2. The van der Waals surface area contributed by atoms with E-state index in [1.807, 2.05) is 4.90 Å². The number of rotatable bonds is 6. The van der Waals surface area contributed by atoms with Gasteiger partial charge in [0.2, 0.25) is 11.8 Å². The Bertz CT molecular complexity index is 329. The second kappa shape index (κ2) is 8.21. The van der Waals surface area contributed by atoms with Crippen molar-refractivity contribution in [1.29, 1.82) is 0 Å². The third-order valence-electron chi connectivity index (χ3n) is 3.99. The summed E-state index contributed by atoms with van der Waals surface area (Å²) in [6.07, 6.45) is 3.13. The minimum Gasteiger partial charge on any atom is -0.355 e. The van der Waals surface area contributed by atoms with Crippen LogP contribution in [0.25, 0.3) is 0 Å². The third-order valence-corrected chi connectivity index (χ3v) is 3.99. The van der Waals surface area contributed by atoms with Crippen LogP contribution in [0, 0.1) is 0 Å². The quantitative estimate of drug-likeness (QED) is 0.683. The molecule has 2 rings (SSSR count). The van der Waals surface area contributed by atoms with Crippen molar-refractivity contribution >= 4 is 11.8 Å². The van der Waals surface area contributed by atoms with Crippen molar-refractivity contribution in [3.8, 4) is 0 Å². The standard InChI is InChI=1S/C14H26N4O2/c19-13(4-9-18-8-2-1-3-14(18)20)16-7-12-17-10-5-15-6-11-17/h15H,1-12H2,(H,16,19). The van der Waals surface area contributed by atoms with Gasteiger partial charge in [0.15, 0.2) is 0 Å². The van der Waals surface area contributed by atoms with E-state index in [4.69, 9.17) is 0 Å². The molecule has 0 atom stereocenters. The summed E-state index contributed by atoms with van der Waals surface area (Å²) in [6.45, 7) is 7.17. The smallest absolute Gasteiger partial charge is 0.222 e. The zero-order valence-electron chi connectivity index (χ0n) is 12.2. The lowest BCUT2D eigenvalue weighted by atomic mass is 10.1. The number of hydrogen-bond donors (Lipinski definition) is 2. The summed E-state index contributed by atoms with van der Waals surface area (Å²) in [5.74, 6) is 0.253. The second-order valence-corrected chi connectivity index (χ2v) is 5.53. The van der Waals surface area contributed by atoms with Gasteiger partial charge in [-0.15, -0.1) is 0 Å². The Labute approximate surface area is 120 Å². The van der Waals surface area contributed by atoms with Gasteiger partial charge >= 0.3 is 0 Å². The number of carbonyl (C=O) groups is 2. The van der Waals surface area contributed by atoms with Crippen LogP contribution in [-0.2, 0) is 9.59 Å². The molecule has 0 aliphatic carbocycles. The van der Waals surface area contributed by atoms with Crippen LogP contribution in [0.2, 0.25) is 0 Å². The van der Waals surface area contributed by atoms with Crippen LogP contribution in [0.15, 0.2) is 0 Å². The fourth-order valence-electron chi connectivity index (χ4n) is 2.71. The Morgan fingerprint density at radius 2 is 1.95 bits per heavy atom. The molecule has 2 aliphatic heterocycles. The molecule has 2 N–H and O–H groups in total. The highest BCUT2D eigenvalue weighted by atomic mass is 16.2. The highest BCUT2D eigenvalue weighted by Gasteiger charge is 2.18. The Balaban J connectivity index is 1.54. The first kappa shape index (κ1) is 15.3. The molecule has 20 heavy (non-hydrogen) atoms. The first-order chi connectivity index (χ1) is 9.75. The maximum atomic E-state index is 11.8. The number of carbonyl (C=O) groups excluding carboxylic acids is 2. The lowest BCUT2D eigenvalue weighted by Crippen LogP contribution is -2.46. The molecule has 0 radical (unpaired) electrons. The van der Waals surface area contributed by atoms with Crippen LogP contribution in [-0.4, -0.2) is 74.0 Å². The summed E-state index contributed by atoms with van der Waals surface area (Å²) in [6, 6.07) is 0. The average Bonchev–Trinajstić information content (AvgIpc) is 2.47. The topological polar surface area (TPSA) is 64.7 Å². The van der Waals surface area contributed by atoms with Crippen molar-refractivity contribution < 1.29 is 9.59 Å². The van der Waals surface area contributed by atoms with Crippen LogP contribution in [0.3, 0.4) is 0 Å². The summed E-state index contributed by atoms with van der Waals surface area (Å²) in [4.78, 5) is 27.5. The Morgan fingerprint density at radius 3 is 2.70 bits per heavy atom. The summed E-state index contributed by atoms with van der Waals surface area (Å²) in [5, 5.41) is 6.25. The van der Waals surface area contributed by atoms with E-state index in [2.05, 4.69) is 15.5 Å². The van der Waals surface area contributed by atoms with Gasteiger partial charge < -0.3 is 15.5 Å². The maximum absolute atomic E-state index is 11.8. The van der Waals surface area contributed by atoms with Gasteiger partial charge in [0.25, 0.3) is 0 Å². The number of nitrogens with zero attached hydrogens (tertiary/aromatic N) is 2. The summed E-state index contributed by atoms with van der Waals surface area (Å²) < 4.78 is 0. The number of nitrogens with one attached hydrogen (secondary N) is 2. The lowest BCUT2D eigenvalue weighted by molar-refractivity contribution is -0.133. The first-order valence-corrected chi connectivity index (χ1v) is 7.73. The first-order valence-electron chi connectivity index (χ1n) is 7.73. The maximum Gasteiger partial charge on any atom is 0.222 e. The highest BCUT2D eigenvalue weighted by molar-refractivity contribution is 5.79. The predicted octanol–water partition coefficient (Wildman–Crippen LogP) is -0.590. The number of likely N-dealkylation sites (tertiary alicyclic amines) is 1. The van der Waals surface area contributed by atoms with Crippen molar-refractivity contribution in [1.82, 2.24) is 20.4 Å². The van der Waals surface area contributed by atoms with E-state index < -0.39 is 0 Å². The van der Waals surface area contributed by atoms with Gasteiger partial charge in [0.05, 0.1) is 0 Å². The van der Waals surface area contributed by atoms with E-state index in [0.717, 1.165) is 52.1 Å². The van der Waals surface area contributed by atoms with E-state index in [1.54, 1.807) is 0 Å². The normalized spacial score (nSPS) is 21.0. The lowest BCUT2D eigenvalue weighted by Gasteiger charge is -2.27. The van der Waals surface area contributed by atoms with E-state index in [-0.39, 0.29) is 11.8 Å². The number of piperidine rings is 1. The number of piperazine rings is 1. The number of hydrogen-bond acceptors (Lipinski definition) is 4. The van der Waals surface area contributed by atoms with Gasteiger partial charge in [-0.3, -0.25) is 14.5 Å². The van der Waals surface area contributed by atoms with Gasteiger partial charge in [-0.1, -0.05) is 0 Å². The van der Waals surface area contributed by atoms with Gasteiger partial charge in [-0.25, -0.2) is 0 Å². The van der Waals surface area contributed by atoms with Crippen LogP contribution in [0.5, 0.6) is 0 Å². The molecule has 0 unspecified atom stereocenters. The fourth-order valence-corrected chi connectivity index (χ4v) is 2.71. The van der Waals surface area contributed by atoms with Crippen LogP contribution < -0.4 is 10.6 Å². The van der Waals surface area contributed by atoms with Crippen molar-refractivity contribution in [3.05, 3.63) is 0 Å². The molecule has 2 saturated heterocycles. The second-order valence-electron chi connectivity index (χ2n) is 5.53. The molecule has 0 aromatic heterocycles. The summed E-state index contributed by atoms with van der Waals surface area (Å²) in [7, 11) is 0. The Kier molecular flexibility index (Phi) is 6.26. The van der Waals surface area contributed by atoms with Gasteiger partial charge in [-0.2, -0.15) is 0 Å². The van der Waals surface area contributed by atoms with Crippen LogP contribution >= 0.6 is 0 Å². The van der Waals surface area contributed by atoms with Gasteiger partial charge in [-0.05, 0) is 12.8 Å². The minimum absolute atomic E-state index is 0.0542. The molecule has 2 heterocycles. The summed E-state index contributed by atoms with van der Waals surface area (Å²) in [5.41, 5.74) is 0. The van der Waals surface area contributed by atoms with Crippen molar-refractivity contribution in [2.45, 2.75) is 25.7 Å². The zero-order chi connectivity index (χ0) is 14.2. The molecule has 6 heteroatoms. The Morgan fingerprint density at radius 1 is 1.15 bits per heavy atom. The van der Waals surface area contributed by atoms with E-state index in [9.17, 15) is 9.59 Å². The Hall–Kier alpha value is -1.14. The molecule has 114 valence electrons. The van der Waals surface area contributed by atoms with Crippen molar-refractivity contribution in [2.75, 3.05) is 52.4 Å². The highest BCUT2D eigenvalue weighted by Crippen LogP contribution is 2.10. The SMILES string of the molecule is O=C(CCN1CCCCC1=O)NCCN1CCNCC1. The monoisotopic (exact) mass is 282 g/mol. The van der Waals surface area contributed by atoms with Gasteiger partial charge in [0.1, 0.15) is 0 Å². The molecular weight excluding hydrogens is 256 g/mol. The van der Waals surface area contributed by atoms with Gasteiger partial charge in [0, 0.05) is 65.2 Å². The number of amides is 2. The molecule has 6 nitrogen and oxygen atoms in total. The fraction of sp³-hybridized carbons (Fsp3) is 0.857. The molecule has 0 aromatic rings.